The molecule has 1 unspecified atom stereocenters. The first-order valence-corrected chi connectivity index (χ1v) is 8.13. The summed E-state index contributed by atoms with van der Waals surface area (Å²) in [5.74, 6) is 0. The van der Waals surface area contributed by atoms with E-state index in [9.17, 15) is 0 Å². The number of halogens is 1. The Morgan fingerprint density at radius 2 is 1.89 bits per heavy atom. The summed E-state index contributed by atoms with van der Waals surface area (Å²) in [5.41, 5.74) is 1.33. The maximum Gasteiger partial charge on any atom is 0.0406 e. The number of nitrogens with one attached hydrogen (secondary N) is 1. The summed E-state index contributed by atoms with van der Waals surface area (Å²) < 4.78 is 0.276. The maximum absolute atomic E-state index is 5.94. The predicted molar refractivity (Wildman–Crippen MR) is 84.7 cm³/mol. The highest BCUT2D eigenvalue weighted by atomic mass is 35.5. The molecule has 0 fully saturated rings. The van der Waals surface area contributed by atoms with Crippen LogP contribution in [0.25, 0.3) is 0 Å². The Morgan fingerprint density at radius 3 is 2.39 bits per heavy atom. The lowest BCUT2D eigenvalue weighted by Gasteiger charge is -2.27. The second-order valence-electron chi connectivity index (χ2n) is 5.24. The zero-order chi connectivity index (χ0) is 13.6. The Hall–Kier alpha value is -0.180. The Bertz CT molecular complexity index is 348. The van der Waals surface area contributed by atoms with Gasteiger partial charge in [-0.15, -0.1) is 0 Å². The van der Waals surface area contributed by atoms with Gasteiger partial charge in [-0.1, -0.05) is 37.1 Å². The first-order chi connectivity index (χ1) is 8.48. The summed E-state index contributed by atoms with van der Waals surface area (Å²) >= 11 is 7.84. The number of hydrogen-bond donors (Lipinski definition) is 1. The molecule has 0 saturated carbocycles. The highest BCUT2D eigenvalue weighted by Crippen LogP contribution is 2.24. The van der Waals surface area contributed by atoms with E-state index in [1.807, 2.05) is 23.9 Å². The molecule has 0 amide bonds. The predicted octanol–water partition coefficient (Wildman–Crippen LogP) is 4.91. The fourth-order valence-electron chi connectivity index (χ4n) is 1.81. The monoisotopic (exact) mass is 285 g/mol. The topological polar surface area (TPSA) is 12.0 Å². The van der Waals surface area contributed by atoms with Crippen LogP contribution < -0.4 is 5.32 Å². The molecule has 0 aliphatic carbocycles. The van der Waals surface area contributed by atoms with Crippen molar-refractivity contribution in [1.29, 1.82) is 0 Å². The van der Waals surface area contributed by atoms with Crippen LogP contribution in [0.1, 0.15) is 45.2 Å². The molecule has 18 heavy (non-hydrogen) atoms. The van der Waals surface area contributed by atoms with Crippen molar-refractivity contribution in [2.24, 2.45) is 0 Å². The van der Waals surface area contributed by atoms with Gasteiger partial charge in [0.2, 0.25) is 0 Å². The van der Waals surface area contributed by atoms with Gasteiger partial charge in [-0.2, -0.15) is 11.8 Å². The van der Waals surface area contributed by atoms with Crippen LogP contribution in [0.2, 0.25) is 5.02 Å². The highest BCUT2D eigenvalue weighted by Gasteiger charge is 2.18. The standard InChI is InChI=1S/C15H24ClNS/c1-5-6-14(17-11-15(2,3)18-4)12-7-9-13(16)10-8-12/h7-10,14,17H,5-6,11H2,1-4H3. The lowest BCUT2D eigenvalue weighted by molar-refractivity contribution is 0.466. The van der Waals surface area contributed by atoms with Gasteiger partial charge in [0.05, 0.1) is 0 Å². The van der Waals surface area contributed by atoms with E-state index >= 15 is 0 Å². The molecule has 1 nitrogen and oxygen atoms in total. The van der Waals surface area contributed by atoms with Crippen molar-refractivity contribution in [3.8, 4) is 0 Å². The van der Waals surface area contributed by atoms with Gasteiger partial charge >= 0.3 is 0 Å². The van der Waals surface area contributed by atoms with Crippen LogP contribution in [0.3, 0.4) is 0 Å². The fourth-order valence-corrected chi connectivity index (χ4v) is 2.17. The third kappa shape index (κ3) is 5.21. The van der Waals surface area contributed by atoms with Gasteiger partial charge in [-0.3, -0.25) is 0 Å². The first-order valence-electron chi connectivity index (χ1n) is 6.52. The molecule has 0 saturated heterocycles. The molecule has 1 rings (SSSR count). The molecule has 3 heteroatoms. The van der Waals surface area contributed by atoms with Gasteiger partial charge in [0.25, 0.3) is 0 Å². The molecular weight excluding hydrogens is 262 g/mol. The third-order valence-corrected chi connectivity index (χ3v) is 4.68. The van der Waals surface area contributed by atoms with E-state index in [1.165, 1.54) is 12.0 Å². The Morgan fingerprint density at radius 1 is 1.28 bits per heavy atom. The Balaban J connectivity index is 2.68. The summed E-state index contributed by atoms with van der Waals surface area (Å²) in [7, 11) is 0. The normalized spacial score (nSPS) is 13.6. The first kappa shape index (κ1) is 15.9. The SMILES string of the molecule is CCCC(NCC(C)(C)SC)c1ccc(Cl)cc1. The molecule has 1 atom stereocenters. The minimum atomic E-state index is 0.276. The smallest absolute Gasteiger partial charge is 0.0406 e. The van der Waals surface area contributed by atoms with E-state index in [1.54, 1.807) is 0 Å². The van der Waals surface area contributed by atoms with E-state index in [0.29, 0.717) is 6.04 Å². The van der Waals surface area contributed by atoms with Crippen LogP contribution in [0.5, 0.6) is 0 Å². The number of hydrogen-bond acceptors (Lipinski definition) is 2. The van der Waals surface area contributed by atoms with E-state index in [0.717, 1.165) is 18.0 Å². The van der Waals surface area contributed by atoms with Crippen molar-refractivity contribution >= 4 is 23.4 Å². The van der Waals surface area contributed by atoms with Crippen molar-refractivity contribution in [3.05, 3.63) is 34.9 Å². The second kappa shape index (κ2) is 7.42. The molecule has 0 aliphatic rings. The van der Waals surface area contributed by atoms with E-state index < -0.39 is 0 Å². The molecular formula is C15H24ClNS. The van der Waals surface area contributed by atoms with Gasteiger partial charge in [-0.05, 0) is 44.2 Å². The van der Waals surface area contributed by atoms with E-state index in [2.05, 4.69) is 44.5 Å². The lowest BCUT2D eigenvalue weighted by atomic mass is 10.0. The van der Waals surface area contributed by atoms with Crippen LogP contribution in [0, 0.1) is 0 Å². The van der Waals surface area contributed by atoms with Crippen molar-refractivity contribution in [3.63, 3.8) is 0 Å². The van der Waals surface area contributed by atoms with Gasteiger partial charge in [-0.25, -0.2) is 0 Å². The van der Waals surface area contributed by atoms with Crippen LogP contribution in [0.4, 0.5) is 0 Å². The molecule has 102 valence electrons. The van der Waals surface area contributed by atoms with Crippen molar-refractivity contribution < 1.29 is 0 Å². The highest BCUT2D eigenvalue weighted by molar-refractivity contribution is 7.99. The quantitative estimate of drug-likeness (QED) is 0.764. The molecule has 1 aromatic carbocycles. The summed E-state index contributed by atoms with van der Waals surface area (Å²) in [6.07, 6.45) is 4.50. The second-order valence-corrected chi connectivity index (χ2v) is 7.19. The number of thioether (sulfide) groups is 1. The zero-order valence-electron chi connectivity index (χ0n) is 11.8. The summed E-state index contributed by atoms with van der Waals surface area (Å²) in [6, 6.07) is 8.63. The minimum absolute atomic E-state index is 0.276. The Labute approximate surface area is 121 Å². The summed E-state index contributed by atoms with van der Waals surface area (Å²) in [5, 5.41) is 4.49. The van der Waals surface area contributed by atoms with Crippen molar-refractivity contribution in [1.82, 2.24) is 5.32 Å². The summed E-state index contributed by atoms with van der Waals surface area (Å²) in [6.45, 7) is 7.79. The molecule has 0 spiro atoms. The van der Waals surface area contributed by atoms with Crippen molar-refractivity contribution in [2.75, 3.05) is 12.8 Å². The van der Waals surface area contributed by atoms with Crippen LogP contribution >= 0.6 is 23.4 Å². The lowest BCUT2D eigenvalue weighted by Crippen LogP contribution is -2.34. The fraction of sp³-hybridized carbons (Fsp3) is 0.600. The van der Waals surface area contributed by atoms with Gasteiger partial charge in [0, 0.05) is 22.4 Å². The molecule has 0 heterocycles. The van der Waals surface area contributed by atoms with Crippen LogP contribution in [-0.2, 0) is 0 Å². The van der Waals surface area contributed by atoms with Crippen molar-refractivity contribution in [2.45, 2.75) is 44.4 Å². The number of benzene rings is 1. The third-order valence-electron chi connectivity index (χ3n) is 3.18. The van der Waals surface area contributed by atoms with Gasteiger partial charge in [0.1, 0.15) is 0 Å². The van der Waals surface area contributed by atoms with Crippen LogP contribution in [0.15, 0.2) is 24.3 Å². The Kier molecular flexibility index (Phi) is 6.54. The average molecular weight is 286 g/mol. The zero-order valence-corrected chi connectivity index (χ0v) is 13.4. The molecule has 0 radical (unpaired) electrons. The maximum atomic E-state index is 5.94. The molecule has 0 aromatic heterocycles. The largest absolute Gasteiger partial charge is 0.309 e. The molecule has 1 aromatic rings. The molecule has 1 N–H and O–H groups in total. The van der Waals surface area contributed by atoms with E-state index in [-0.39, 0.29) is 4.75 Å². The number of rotatable bonds is 7. The van der Waals surface area contributed by atoms with Gasteiger partial charge in [0.15, 0.2) is 0 Å². The summed E-state index contributed by atoms with van der Waals surface area (Å²) in [4.78, 5) is 0. The molecule has 0 bridgehead atoms. The van der Waals surface area contributed by atoms with E-state index in [4.69, 9.17) is 11.6 Å². The van der Waals surface area contributed by atoms with Gasteiger partial charge < -0.3 is 5.32 Å². The minimum Gasteiger partial charge on any atom is -0.309 e. The molecule has 0 aliphatic heterocycles. The van der Waals surface area contributed by atoms with Crippen LogP contribution in [-0.4, -0.2) is 17.5 Å². The average Bonchev–Trinajstić information content (AvgIpc) is 2.36.